The van der Waals surface area contributed by atoms with Crippen molar-refractivity contribution in [1.29, 1.82) is 0 Å². The van der Waals surface area contributed by atoms with Crippen LogP contribution in [0.1, 0.15) is 25.3 Å². The van der Waals surface area contributed by atoms with Gasteiger partial charge in [-0.15, -0.1) is 0 Å². The van der Waals surface area contributed by atoms with Gasteiger partial charge in [-0.1, -0.05) is 12.1 Å². The molecule has 1 aliphatic heterocycles. The summed E-state index contributed by atoms with van der Waals surface area (Å²) in [5.41, 5.74) is 1.01. The highest BCUT2D eigenvalue weighted by Gasteiger charge is 2.22. The Morgan fingerprint density at radius 2 is 2.25 bits per heavy atom. The maximum atomic E-state index is 9.64. The van der Waals surface area contributed by atoms with Gasteiger partial charge in [-0.3, -0.25) is 0 Å². The van der Waals surface area contributed by atoms with Crippen molar-refractivity contribution in [2.24, 2.45) is 0 Å². The van der Waals surface area contributed by atoms with E-state index in [1.807, 2.05) is 18.2 Å². The van der Waals surface area contributed by atoms with Crippen LogP contribution >= 0.6 is 0 Å². The van der Waals surface area contributed by atoms with Gasteiger partial charge in [-0.05, 0) is 39.4 Å². The van der Waals surface area contributed by atoms with Crippen LogP contribution in [0.2, 0.25) is 0 Å². The number of benzene rings is 1. The first-order valence-corrected chi connectivity index (χ1v) is 7.29. The number of hydrogen-bond acceptors (Lipinski definition) is 4. The molecule has 0 bridgehead atoms. The molecule has 1 saturated heterocycles. The zero-order chi connectivity index (χ0) is 14.5. The van der Waals surface area contributed by atoms with Crippen molar-refractivity contribution >= 4 is 0 Å². The first kappa shape index (κ1) is 15.1. The summed E-state index contributed by atoms with van der Waals surface area (Å²) >= 11 is 0. The molecular weight excluding hydrogens is 254 g/mol. The average molecular weight is 279 g/mol. The summed E-state index contributed by atoms with van der Waals surface area (Å²) in [4.78, 5) is 2.29. The quantitative estimate of drug-likeness (QED) is 0.896. The lowest BCUT2D eigenvalue weighted by Crippen LogP contribution is -2.38. The third-order valence-corrected chi connectivity index (χ3v) is 3.66. The maximum absolute atomic E-state index is 9.64. The molecule has 1 heterocycles. The Balaban J connectivity index is 2.18. The highest BCUT2D eigenvalue weighted by molar-refractivity contribution is 5.47. The summed E-state index contributed by atoms with van der Waals surface area (Å²) in [5, 5.41) is 9.64. The SMILES string of the molecule is COc1cccc(CC(C)O)c1OC1CCCN(C)C1. The lowest BCUT2D eigenvalue weighted by molar-refractivity contribution is 0.0991. The first-order valence-electron chi connectivity index (χ1n) is 7.29. The number of aliphatic hydroxyl groups excluding tert-OH is 1. The van der Waals surface area contributed by atoms with Crippen LogP contribution in [-0.2, 0) is 6.42 Å². The van der Waals surface area contributed by atoms with Crippen molar-refractivity contribution in [2.75, 3.05) is 27.2 Å². The molecule has 0 amide bonds. The summed E-state index contributed by atoms with van der Waals surface area (Å²) in [5.74, 6) is 1.53. The number of nitrogens with zero attached hydrogens (tertiary/aromatic N) is 1. The van der Waals surface area contributed by atoms with Gasteiger partial charge in [0, 0.05) is 18.5 Å². The van der Waals surface area contributed by atoms with E-state index < -0.39 is 6.10 Å². The van der Waals surface area contributed by atoms with Crippen LogP contribution in [-0.4, -0.2) is 49.5 Å². The standard InChI is InChI=1S/C16H25NO3/c1-12(18)10-13-6-4-8-15(19-3)16(13)20-14-7-5-9-17(2)11-14/h4,6,8,12,14,18H,5,7,9-11H2,1-3H3. The van der Waals surface area contributed by atoms with Gasteiger partial charge in [-0.25, -0.2) is 0 Å². The predicted octanol–water partition coefficient (Wildman–Crippen LogP) is 2.09. The van der Waals surface area contributed by atoms with Gasteiger partial charge in [0.25, 0.3) is 0 Å². The number of aliphatic hydroxyl groups is 1. The van der Waals surface area contributed by atoms with Crippen molar-refractivity contribution in [2.45, 2.75) is 38.4 Å². The molecule has 2 unspecified atom stereocenters. The molecule has 1 aromatic rings. The van der Waals surface area contributed by atoms with Gasteiger partial charge in [0.05, 0.1) is 13.2 Å². The Morgan fingerprint density at radius 3 is 2.90 bits per heavy atom. The number of rotatable bonds is 5. The number of methoxy groups -OCH3 is 1. The Morgan fingerprint density at radius 1 is 1.45 bits per heavy atom. The van der Waals surface area contributed by atoms with Crippen LogP contribution in [0, 0.1) is 0 Å². The third-order valence-electron chi connectivity index (χ3n) is 3.66. The van der Waals surface area contributed by atoms with Gasteiger partial charge < -0.3 is 19.5 Å². The molecule has 1 aliphatic rings. The molecule has 4 heteroatoms. The van der Waals surface area contributed by atoms with Gasteiger partial charge in [0.15, 0.2) is 11.5 Å². The molecule has 0 spiro atoms. The van der Waals surface area contributed by atoms with Gasteiger partial charge >= 0.3 is 0 Å². The fourth-order valence-electron chi connectivity index (χ4n) is 2.72. The Bertz CT molecular complexity index is 434. The molecule has 0 saturated carbocycles. The Labute approximate surface area is 121 Å². The molecule has 0 aliphatic carbocycles. The highest BCUT2D eigenvalue weighted by atomic mass is 16.5. The summed E-state index contributed by atoms with van der Waals surface area (Å²) in [7, 11) is 3.77. The fourth-order valence-corrected chi connectivity index (χ4v) is 2.72. The number of piperidine rings is 1. The van der Waals surface area contributed by atoms with Crippen LogP contribution in [0.15, 0.2) is 18.2 Å². The summed E-state index contributed by atoms with van der Waals surface area (Å²) in [6, 6.07) is 5.85. The minimum Gasteiger partial charge on any atom is -0.493 e. The Hall–Kier alpha value is -1.26. The molecule has 1 aromatic carbocycles. The van der Waals surface area contributed by atoms with E-state index in [4.69, 9.17) is 9.47 Å². The number of hydrogen-bond donors (Lipinski definition) is 1. The molecule has 2 atom stereocenters. The number of ether oxygens (including phenoxy) is 2. The fraction of sp³-hybridized carbons (Fsp3) is 0.625. The van der Waals surface area contributed by atoms with Crippen LogP contribution in [0.4, 0.5) is 0 Å². The minimum atomic E-state index is -0.390. The third kappa shape index (κ3) is 3.87. The summed E-state index contributed by atoms with van der Waals surface area (Å²) < 4.78 is 11.6. The predicted molar refractivity (Wildman–Crippen MR) is 79.5 cm³/mol. The normalized spacial score (nSPS) is 21.5. The maximum Gasteiger partial charge on any atom is 0.164 e. The number of para-hydroxylation sites is 1. The zero-order valence-corrected chi connectivity index (χ0v) is 12.6. The lowest BCUT2D eigenvalue weighted by atomic mass is 10.1. The summed E-state index contributed by atoms with van der Waals surface area (Å²) in [6.45, 7) is 3.86. The molecule has 112 valence electrons. The van der Waals surface area contributed by atoms with E-state index >= 15 is 0 Å². The molecule has 0 radical (unpaired) electrons. The topological polar surface area (TPSA) is 41.9 Å². The molecule has 1 N–H and O–H groups in total. The van der Waals surface area contributed by atoms with Crippen molar-refractivity contribution in [3.05, 3.63) is 23.8 Å². The van der Waals surface area contributed by atoms with Crippen molar-refractivity contribution in [1.82, 2.24) is 4.90 Å². The van der Waals surface area contributed by atoms with Crippen LogP contribution < -0.4 is 9.47 Å². The second kappa shape index (κ2) is 6.95. The molecule has 4 nitrogen and oxygen atoms in total. The van der Waals surface area contributed by atoms with Gasteiger partial charge in [-0.2, -0.15) is 0 Å². The van der Waals surface area contributed by atoms with E-state index in [2.05, 4.69) is 11.9 Å². The van der Waals surface area contributed by atoms with Crippen molar-refractivity contribution < 1.29 is 14.6 Å². The van der Waals surface area contributed by atoms with E-state index in [-0.39, 0.29) is 6.10 Å². The van der Waals surface area contributed by atoms with E-state index in [0.717, 1.165) is 43.0 Å². The monoisotopic (exact) mass is 279 g/mol. The molecule has 20 heavy (non-hydrogen) atoms. The minimum absolute atomic E-state index is 0.192. The van der Waals surface area contributed by atoms with Crippen molar-refractivity contribution in [3.63, 3.8) is 0 Å². The molecule has 0 aromatic heterocycles. The Kier molecular flexibility index (Phi) is 5.26. The largest absolute Gasteiger partial charge is 0.493 e. The number of likely N-dealkylation sites (N-methyl/N-ethyl adjacent to an activating group) is 1. The van der Waals surface area contributed by atoms with Crippen LogP contribution in [0.25, 0.3) is 0 Å². The van der Waals surface area contributed by atoms with Gasteiger partial charge in [0.1, 0.15) is 6.10 Å². The van der Waals surface area contributed by atoms with E-state index in [1.54, 1.807) is 14.0 Å². The second-order valence-electron chi connectivity index (χ2n) is 5.65. The summed E-state index contributed by atoms with van der Waals surface area (Å²) in [6.07, 6.45) is 2.60. The number of likely N-dealkylation sites (tertiary alicyclic amines) is 1. The molecular formula is C16H25NO3. The lowest BCUT2D eigenvalue weighted by Gasteiger charge is -2.31. The second-order valence-corrected chi connectivity index (χ2v) is 5.65. The van der Waals surface area contributed by atoms with Crippen LogP contribution in [0.5, 0.6) is 11.5 Å². The van der Waals surface area contributed by atoms with E-state index in [0.29, 0.717) is 6.42 Å². The van der Waals surface area contributed by atoms with E-state index in [1.165, 1.54) is 0 Å². The molecule has 2 rings (SSSR count). The van der Waals surface area contributed by atoms with Crippen LogP contribution in [0.3, 0.4) is 0 Å². The average Bonchev–Trinajstić information content (AvgIpc) is 2.40. The smallest absolute Gasteiger partial charge is 0.164 e. The van der Waals surface area contributed by atoms with Gasteiger partial charge in [0.2, 0.25) is 0 Å². The first-order chi connectivity index (χ1) is 9.60. The zero-order valence-electron chi connectivity index (χ0n) is 12.6. The highest BCUT2D eigenvalue weighted by Crippen LogP contribution is 2.33. The van der Waals surface area contributed by atoms with E-state index in [9.17, 15) is 5.11 Å². The molecule has 1 fully saturated rings. The van der Waals surface area contributed by atoms with Crippen molar-refractivity contribution in [3.8, 4) is 11.5 Å².